The van der Waals surface area contributed by atoms with Gasteiger partial charge in [0, 0.05) is 17.8 Å². The largest absolute Gasteiger partial charge is 0.384 e. The second-order valence-corrected chi connectivity index (χ2v) is 3.35. The lowest BCUT2D eigenvalue weighted by Gasteiger charge is -2.01. The van der Waals surface area contributed by atoms with Crippen LogP contribution in [0, 0.1) is 12.3 Å². The zero-order chi connectivity index (χ0) is 9.97. The number of benzene rings is 1. The maximum Gasteiger partial charge on any atom is 0.174 e. The second-order valence-electron chi connectivity index (χ2n) is 3.35. The van der Waals surface area contributed by atoms with Gasteiger partial charge in [0.15, 0.2) is 5.78 Å². The Balaban J connectivity index is 2.29. The minimum Gasteiger partial charge on any atom is -0.384 e. The fourth-order valence-electron chi connectivity index (χ4n) is 1.67. The van der Waals surface area contributed by atoms with Gasteiger partial charge in [-0.25, -0.2) is 0 Å². The SMILES string of the molecule is C#CCC(=O)c1ccc2c(c1)CCN2. The van der Waals surface area contributed by atoms with Crippen LogP contribution in [0.4, 0.5) is 5.69 Å². The molecule has 1 aliphatic rings. The van der Waals surface area contributed by atoms with Crippen molar-refractivity contribution in [2.24, 2.45) is 0 Å². The molecule has 0 fully saturated rings. The third-order valence-electron chi connectivity index (χ3n) is 2.40. The molecule has 1 heterocycles. The summed E-state index contributed by atoms with van der Waals surface area (Å²) >= 11 is 0. The van der Waals surface area contributed by atoms with Gasteiger partial charge >= 0.3 is 0 Å². The average Bonchev–Trinajstić information content (AvgIpc) is 2.64. The molecule has 0 saturated carbocycles. The van der Waals surface area contributed by atoms with Gasteiger partial charge in [-0.05, 0) is 30.2 Å². The van der Waals surface area contributed by atoms with Crippen molar-refractivity contribution in [1.82, 2.24) is 0 Å². The van der Waals surface area contributed by atoms with E-state index in [4.69, 9.17) is 6.42 Å². The van der Waals surface area contributed by atoms with Crippen LogP contribution in [0.3, 0.4) is 0 Å². The smallest absolute Gasteiger partial charge is 0.174 e. The first kappa shape index (κ1) is 8.83. The molecule has 0 atom stereocenters. The summed E-state index contributed by atoms with van der Waals surface area (Å²) in [7, 11) is 0. The van der Waals surface area contributed by atoms with Crippen molar-refractivity contribution in [3.05, 3.63) is 29.3 Å². The number of carbonyl (C=O) groups excluding carboxylic acids is 1. The van der Waals surface area contributed by atoms with E-state index >= 15 is 0 Å². The predicted octanol–water partition coefficient (Wildman–Crippen LogP) is 1.86. The average molecular weight is 185 g/mol. The molecule has 0 radical (unpaired) electrons. The van der Waals surface area contributed by atoms with Gasteiger partial charge < -0.3 is 5.32 Å². The van der Waals surface area contributed by atoms with Crippen LogP contribution in [0.25, 0.3) is 0 Å². The highest BCUT2D eigenvalue weighted by atomic mass is 16.1. The summed E-state index contributed by atoms with van der Waals surface area (Å²) in [5.74, 6) is 2.40. The second kappa shape index (κ2) is 3.55. The highest BCUT2D eigenvalue weighted by molar-refractivity contribution is 5.98. The van der Waals surface area contributed by atoms with E-state index in [1.165, 1.54) is 5.56 Å². The molecule has 0 bridgehead atoms. The molecular weight excluding hydrogens is 174 g/mol. The first-order chi connectivity index (χ1) is 6.81. The van der Waals surface area contributed by atoms with Crippen LogP contribution < -0.4 is 5.32 Å². The van der Waals surface area contributed by atoms with Crippen molar-refractivity contribution in [3.8, 4) is 12.3 Å². The monoisotopic (exact) mass is 185 g/mol. The Morgan fingerprint density at radius 2 is 2.43 bits per heavy atom. The summed E-state index contributed by atoms with van der Waals surface area (Å²) in [6, 6.07) is 5.72. The molecule has 2 nitrogen and oxygen atoms in total. The minimum atomic E-state index is 0.0298. The van der Waals surface area contributed by atoms with Gasteiger partial charge in [0.05, 0.1) is 6.42 Å². The number of carbonyl (C=O) groups is 1. The quantitative estimate of drug-likeness (QED) is 0.563. The van der Waals surface area contributed by atoms with Crippen LogP contribution in [0.5, 0.6) is 0 Å². The zero-order valence-corrected chi connectivity index (χ0v) is 7.84. The summed E-state index contributed by atoms with van der Waals surface area (Å²) in [5, 5.41) is 3.25. The Morgan fingerprint density at radius 3 is 3.21 bits per heavy atom. The number of hydrogen-bond donors (Lipinski definition) is 1. The number of nitrogens with one attached hydrogen (secondary N) is 1. The molecule has 1 N–H and O–H groups in total. The van der Waals surface area contributed by atoms with E-state index in [9.17, 15) is 4.79 Å². The molecule has 1 aromatic carbocycles. The maximum atomic E-state index is 11.5. The Bertz CT molecular complexity index is 415. The van der Waals surface area contributed by atoms with E-state index in [-0.39, 0.29) is 12.2 Å². The normalized spacial score (nSPS) is 12.8. The molecule has 2 heteroatoms. The molecule has 70 valence electrons. The van der Waals surface area contributed by atoms with Gasteiger partial charge in [-0.15, -0.1) is 6.42 Å². The lowest BCUT2D eigenvalue weighted by molar-refractivity contribution is 0.0998. The first-order valence-corrected chi connectivity index (χ1v) is 4.65. The number of ketones is 1. The molecule has 0 spiro atoms. The van der Waals surface area contributed by atoms with E-state index in [0.29, 0.717) is 0 Å². The van der Waals surface area contributed by atoms with Crippen LogP contribution in [-0.4, -0.2) is 12.3 Å². The van der Waals surface area contributed by atoms with Crippen molar-refractivity contribution in [1.29, 1.82) is 0 Å². The zero-order valence-electron chi connectivity index (χ0n) is 7.84. The number of anilines is 1. The Hall–Kier alpha value is -1.75. The lowest BCUT2D eigenvalue weighted by atomic mass is 10.0. The number of terminal acetylenes is 1. The van der Waals surface area contributed by atoms with Crippen molar-refractivity contribution < 1.29 is 4.79 Å². The summed E-state index contributed by atoms with van der Waals surface area (Å²) in [5.41, 5.74) is 3.08. The van der Waals surface area contributed by atoms with Gasteiger partial charge in [0.25, 0.3) is 0 Å². The van der Waals surface area contributed by atoms with Gasteiger partial charge in [0.1, 0.15) is 0 Å². The summed E-state index contributed by atoms with van der Waals surface area (Å²) in [4.78, 5) is 11.5. The standard InChI is InChI=1S/C12H11NO/c1-2-3-12(14)10-4-5-11-9(8-10)6-7-13-11/h1,4-5,8,13H,3,6-7H2. The molecule has 1 aromatic rings. The molecular formula is C12H11NO. The number of fused-ring (bicyclic) bond motifs is 1. The van der Waals surface area contributed by atoms with Crippen molar-refractivity contribution >= 4 is 11.5 Å². The van der Waals surface area contributed by atoms with Gasteiger partial charge in [-0.3, -0.25) is 4.79 Å². The van der Waals surface area contributed by atoms with Crippen LogP contribution in [-0.2, 0) is 6.42 Å². The van der Waals surface area contributed by atoms with Crippen LogP contribution >= 0.6 is 0 Å². The number of Topliss-reactive ketones (excluding diaryl/α,β-unsaturated/α-hetero) is 1. The lowest BCUT2D eigenvalue weighted by Crippen LogP contribution is -1.97. The summed E-state index contributed by atoms with van der Waals surface area (Å²) in [6.07, 6.45) is 6.28. The van der Waals surface area contributed by atoms with Gasteiger partial charge in [0.2, 0.25) is 0 Å². The molecule has 0 aliphatic carbocycles. The van der Waals surface area contributed by atoms with Crippen molar-refractivity contribution in [3.63, 3.8) is 0 Å². The highest BCUT2D eigenvalue weighted by Gasteiger charge is 2.12. The molecule has 2 rings (SSSR count). The summed E-state index contributed by atoms with van der Waals surface area (Å²) < 4.78 is 0. The predicted molar refractivity (Wildman–Crippen MR) is 56.4 cm³/mol. The van der Waals surface area contributed by atoms with E-state index in [0.717, 1.165) is 24.2 Å². The maximum absolute atomic E-state index is 11.5. The molecule has 0 unspecified atom stereocenters. The Labute approximate surface area is 83.3 Å². The third kappa shape index (κ3) is 1.49. The van der Waals surface area contributed by atoms with Crippen LogP contribution in [0.1, 0.15) is 22.3 Å². The number of hydrogen-bond acceptors (Lipinski definition) is 2. The highest BCUT2D eigenvalue weighted by Crippen LogP contribution is 2.23. The minimum absolute atomic E-state index is 0.0298. The van der Waals surface area contributed by atoms with Crippen LogP contribution in [0.2, 0.25) is 0 Å². The Kier molecular flexibility index (Phi) is 2.24. The van der Waals surface area contributed by atoms with E-state index in [2.05, 4.69) is 11.2 Å². The molecule has 1 aliphatic heterocycles. The number of rotatable bonds is 2. The summed E-state index contributed by atoms with van der Waals surface area (Å²) in [6.45, 7) is 0.960. The topological polar surface area (TPSA) is 29.1 Å². The fraction of sp³-hybridized carbons (Fsp3) is 0.250. The van der Waals surface area contributed by atoms with Crippen LogP contribution in [0.15, 0.2) is 18.2 Å². The van der Waals surface area contributed by atoms with Gasteiger partial charge in [-0.2, -0.15) is 0 Å². The van der Waals surface area contributed by atoms with E-state index < -0.39 is 0 Å². The molecule has 0 saturated heterocycles. The first-order valence-electron chi connectivity index (χ1n) is 4.65. The fourth-order valence-corrected chi connectivity index (χ4v) is 1.67. The Morgan fingerprint density at radius 1 is 1.57 bits per heavy atom. The molecule has 14 heavy (non-hydrogen) atoms. The molecule has 0 amide bonds. The van der Waals surface area contributed by atoms with Gasteiger partial charge in [-0.1, -0.05) is 5.92 Å². The van der Waals surface area contributed by atoms with Crippen molar-refractivity contribution in [2.75, 3.05) is 11.9 Å². The van der Waals surface area contributed by atoms with E-state index in [1.807, 2.05) is 18.2 Å². The van der Waals surface area contributed by atoms with E-state index in [1.54, 1.807) is 0 Å². The van der Waals surface area contributed by atoms with Crippen molar-refractivity contribution in [2.45, 2.75) is 12.8 Å². The third-order valence-corrected chi connectivity index (χ3v) is 2.40. The molecule has 0 aromatic heterocycles.